The highest BCUT2D eigenvalue weighted by Crippen LogP contribution is 2.26. The molecular formula is C27H31FN4O2. The molecule has 3 heterocycles. The van der Waals surface area contributed by atoms with Crippen molar-refractivity contribution in [2.75, 3.05) is 26.2 Å². The standard InChI is InChI=1S/C27H31FN4O2/c28-24-8-6-22(7-9-24)26-29-25(34-30-26)19-31-14-12-23(13-15-31)27(33)32-16-10-21(11-17-32)18-20-4-2-1-3-5-20/h1-9,21,23H,10-19H2. The van der Waals surface area contributed by atoms with Crippen molar-refractivity contribution in [3.05, 3.63) is 71.9 Å². The van der Waals surface area contributed by atoms with Gasteiger partial charge in [0.25, 0.3) is 0 Å². The van der Waals surface area contributed by atoms with E-state index in [2.05, 4.69) is 50.3 Å². The lowest BCUT2D eigenvalue weighted by molar-refractivity contribution is -0.138. The van der Waals surface area contributed by atoms with E-state index in [0.717, 1.165) is 63.8 Å². The van der Waals surface area contributed by atoms with Crippen molar-refractivity contribution in [2.24, 2.45) is 11.8 Å². The Balaban J connectivity index is 1.06. The fourth-order valence-electron chi connectivity index (χ4n) is 5.13. The molecule has 2 aliphatic heterocycles. The molecule has 1 aromatic heterocycles. The highest BCUT2D eigenvalue weighted by molar-refractivity contribution is 5.79. The highest BCUT2D eigenvalue weighted by atomic mass is 19.1. The lowest BCUT2D eigenvalue weighted by Gasteiger charge is -2.37. The molecule has 2 aromatic carbocycles. The van der Waals surface area contributed by atoms with Crippen LogP contribution in [0.25, 0.3) is 11.4 Å². The van der Waals surface area contributed by atoms with Gasteiger partial charge in [0, 0.05) is 24.6 Å². The molecule has 0 aliphatic carbocycles. The van der Waals surface area contributed by atoms with E-state index in [1.165, 1.54) is 17.7 Å². The first kappa shape index (κ1) is 22.7. The summed E-state index contributed by atoms with van der Waals surface area (Å²) in [5.74, 6) is 1.83. The molecule has 0 unspecified atom stereocenters. The molecule has 178 valence electrons. The van der Waals surface area contributed by atoms with Crippen molar-refractivity contribution < 1.29 is 13.7 Å². The summed E-state index contributed by atoms with van der Waals surface area (Å²) >= 11 is 0. The number of carbonyl (C=O) groups excluding carboxylic acids is 1. The van der Waals surface area contributed by atoms with Gasteiger partial charge in [-0.15, -0.1) is 0 Å². The summed E-state index contributed by atoms with van der Waals surface area (Å²) < 4.78 is 18.5. The Hall–Kier alpha value is -3.06. The SMILES string of the molecule is O=C(C1CCN(Cc2nc(-c3ccc(F)cc3)no2)CC1)N1CCC(Cc2ccccc2)CC1. The topological polar surface area (TPSA) is 62.5 Å². The first-order chi connectivity index (χ1) is 16.6. The monoisotopic (exact) mass is 462 g/mol. The number of nitrogens with zero attached hydrogens (tertiary/aromatic N) is 4. The maximum atomic E-state index is 13.1. The van der Waals surface area contributed by atoms with Crippen molar-refractivity contribution in [1.29, 1.82) is 0 Å². The Labute approximate surface area is 199 Å². The fraction of sp³-hybridized carbons (Fsp3) is 0.444. The van der Waals surface area contributed by atoms with Gasteiger partial charge in [-0.05, 0) is 80.9 Å². The van der Waals surface area contributed by atoms with Crippen LogP contribution >= 0.6 is 0 Å². The average Bonchev–Trinajstić information content (AvgIpc) is 3.34. The van der Waals surface area contributed by atoms with E-state index < -0.39 is 0 Å². The smallest absolute Gasteiger partial charge is 0.241 e. The predicted octanol–water partition coefficient (Wildman–Crippen LogP) is 4.57. The molecule has 1 amide bonds. The minimum Gasteiger partial charge on any atom is -0.342 e. The molecule has 0 radical (unpaired) electrons. The van der Waals surface area contributed by atoms with Crippen LogP contribution in [-0.2, 0) is 17.8 Å². The van der Waals surface area contributed by atoms with Crippen LogP contribution in [0.1, 0.15) is 37.1 Å². The number of amides is 1. The van der Waals surface area contributed by atoms with E-state index in [0.29, 0.717) is 30.1 Å². The number of benzene rings is 2. The molecule has 2 aliphatic rings. The molecule has 6 nitrogen and oxygen atoms in total. The van der Waals surface area contributed by atoms with Crippen LogP contribution in [0.3, 0.4) is 0 Å². The van der Waals surface area contributed by atoms with Gasteiger partial charge in [-0.3, -0.25) is 9.69 Å². The van der Waals surface area contributed by atoms with Crippen molar-refractivity contribution in [3.8, 4) is 11.4 Å². The molecular weight excluding hydrogens is 431 g/mol. The quantitative estimate of drug-likeness (QED) is 0.537. The molecule has 0 N–H and O–H groups in total. The largest absolute Gasteiger partial charge is 0.342 e. The Morgan fingerprint density at radius 3 is 2.35 bits per heavy atom. The minimum absolute atomic E-state index is 0.111. The van der Waals surface area contributed by atoms with Gasteiger partial charge in [0.15, 0.2) is 0 Å². The molecule has 0 spiro atoms. The van der Waals surface area contributed by atoms with Crippen LogP contribution in [0.5, 0.6) is 0 Å². The summed E-state index contributed by atoms with van der Waals surface area (Å²) in [7, 11) is 0. The summed E-state index contributed by atoms with van der Waals surface area (Å²) in [6.07, 6.45) is 5.02. The van der Waals surface area contributed by atoms with Crippen molar-refractivity contribution in [2.45, 2.75) is 38.6 Å². The predicted molar refractivity (Wildman–Crippen MR) is 127 cm³/mol. The zero-order chi connectivity index (χ0) is 23.3. The molecule has 0 saturated carbocycles. The third kappa shape index (κ3) is 5.53. The van der Waals surface area contributed by atoms with E-state index in [1.54, 1.807) is 12.1 Å². The maximum Gasteiger partial charge on any atom is 0.241 e. The second-order valence-corrected chi connectivity index (χ2v) is 9.53. The molecule has 34 heavy (non-hydrogen) atoms. The zero-order valence-corrected chi connectivity index (χ0v) is 19.4. The summed E-state index contributed by atoms with van der Waals surface area (Å²) in [5.41, 5.74) is 2.12. The molecule has 0 bridgehead atoms. The van der Waals surface area contributed by atoms with E-state index in [1.807, 2.05) is 0 Å². The minimum atomic E-state index is -0.290. The molecule has 2 saturated heterocycles. The molecule has 7 heteroatoms. The second-order valence-electron chi connectivity index (χ2n) is 9.53. The first-order valence-electron chi connectivity index (χ1n) is 12.3. The lowest BCUT2D eigenvalue weighted by atomic mass is 9.88. The van der Waals surface area contributed by atoms with Crippen LogP contribution in [0.4, 0.5) is 4.39 Å². The number of likely N-dealkylation sites (tertiary alicyclic amines) is 2. The van der Waals surface area contributed by atoms with E-state index in [-0.39, 0.29) is 11.7 Å². The van der Waals surface area contributed by atoms with Gasteiger partial charge in [-0.25, -0.2) is 4.39 Å². The fourth-order valence-corrected chi connectivity index (χ4v) is 5.13. The Morgan fingerprint density at radius 2 is 1.65 bits per heavy atom. The number of hydrogen-bond donors (Lipinski definition) is 0. The van der Waals surface area contributed by atoms with Crippen LogP contribution in [0.2, 0.25) is 0 Å². The highest BCUT2D eigenvalue weighted by Gasteiger charge is 2.31. The number of hydrogen-bond acceptors (Lipinski definition) is 5. The van der Waals surface area contributed by atoms with Gasteiger partial charge in [0.05, 0.1) is 6.54 Å². The zero-order valence-electron chi connectivity index (χ0n) is 19.4. The van der Waals surface area contributed by atoms with Gasteiger partial charge in [0.1, 0.15) is 5.82 Å². The Morgan fingerprint density at radius 1 is 0.941 bits per heavy atom. The van der Waals surface area contributed by atoms with Gasteiger partial charge in [0.2, 0.25) is 17.6 Å². The third-order valence-electron chi connectivity index (χ3n) is 7.16. The number of halogens is 1. The van der Waals surface area contributed by atoms with Crippen LogP contribution < -0.4 is 0 Å². The van der Waals surface area contributed by atoms with Crippen LogP contribution in [0.15, 0.2) is 59.1 Å². The first-order valence-corrected chi connectivity index (χ1v) is 12.3. The number of piperidine rings is 2. The molecule has 3 aromatic rings. The van der Waals surface area contributed by atoms with Crippen LogP contribution in [-0.4, -0.2) is 52.0 Å². The van der Waals surface area contributed by atoms with Crippen molar-refractivity contribution >= 4 is 5.91 Å². The van der Waals surface area contributed by atoms with E-state index in [4.69, 9.17) is 4.52 Å². The van der Waals surface area contributed by atoms with Crippen LogP contribution in [0, 0.1) is 17.7 Å². The average molecular weight is 463 g/mol. The number of carbonyl (C=O) groups is 1. The Bertz CT molecular complexity index is 1070. The molecule has 0 atom stereocenters. The van der Waals surface area contributed by atoms with Gasteiger partial charge in [-0.1, -0.05) is 35.5 Å². The summed E-state index contributed by atoms with van der Waals surface area (Å²) in [5, 5.41) is 4.02. The summed E-state index contributed by atoms with van der Waals surface area (Å²) in [4.78, 5) is 21.9. The Kier molecular flexibility index (Phi) is 7.00. The van der Waals surface area contributed by atoms with Gasteiger partial charge < -0.3 is 9.42 Å². The molecule has 5 rings (SSSR count). The third-order valence-corrected chi connectivity index (χ3v) is 7.16. The second kappa shape index (κ2) is 10.5. The molecule has 2 fully saturated rings. The van der Waals surface area contributed by atoms with E-state index in [9.17, 15) is 9.18 Å². The maximum absolute atomic E-state index is 13.1. The number of rotatable bonds is 6. The summed E-state index contributed by atoms with van der Waals surface area (Å²) in [6, 6.07) is 16.7. The van der Waals surface area contributed by atoms with Crippen molar-refractivity contribution in [1.82, 2.24) is 19.9 Å². The van der Waals surface area contributed by atoms with Gasteiger partial charge in [-0.2, -0.15) is 4.98 Å². The normalized spacial score (nSPS) is 18.3. The van der Waals surface area contributed by atoms with E-state index >= 15 is 0 Å². The van der Waals surface area contributed by atoms with Crippen molar-refractivity contribution in [3.63, 3.8) is 0 Å². The van der Waals surface area contributed by atoms with Gasteiger partial charge >= 0.3 is 0 Å². The lowest BCUT2D eigenvalue weighted by Crippen LogP contribution is -2.45. The number of aromatic nitrogens is 2. The summed E-state index contributed by atoms with van der Waals surface area (Å²) in [6.45, 7) is 4.01.